The maximum atomic E-state index is 13.0. The molecular formula is C7H6BrClFN. The molecule has 0 aromatic heterocycles. The van der Waals surface area contributed by atoms with E-state index in [0.29, 0.717) is 16.6 Å². The highest BCUT2D eigenvalue weighted by Crippen LogP contribution is 2.23. The van der Waals surface area contributed by atoms with Gasteiger partial charge in [-0.3, -0.25) is 0 Å². The van der Waals surface area contributed by atoms with Gasteiger partial charge in [-0.1, -0.05) is 27.5 Å². The van der Waals surface area contributed by atoms with Gasteiger partial charge in [-0.25, -0.2) is 4.39 Å². The van der Waals surface area contributed by atoms with Crippen LogP contribution in [-0.2, 0) is 5.33 Å². The smallest absolute Gasteiger partial charge is 0.145 e. The lowest BCUT2D eigenvalue weighted by molar-refractivity contribution is 0.618. The molecule has 0 spiro atoms. The van der Waals surface area contributed by atoms with Crippen LogP contribution >= 0.6 is 27.5 Å². The van der Waals surface area contributed by atoms with Gasteiger partial charge in [0.05, 0.1) is 5.02 Å². The lowest BCUT2D eigenvalue weighted by Gasteiger charge is -2.01. The Hall–Kier alpha value is -0.280. The lowest BCUT2D eigenvalue weighted by Crippen LogP contribution is -1.92. The molecule has 0 heterocycles. The van der Waals surface area contributed by atoms with E-state index in [0.717, 1.165) is 0 Å². The van der Waals surface area contributed by atoms with Gasteiger partial charge >= 0.3 is 0 Å². The van der Waals surface area contributed by atoms with Gasteiger partial charge in [0.25, 0.3) is 0 Å². The van der Waals surface area contributed by atoms with Crippen LogP contribution in [-0.4, -0.2) is 0 Å². The van der Waals surface area contributed by atoms with E-state index >= 15 is 0 Å². The van der Waals surface area contributed by atoms with Crippen LogP contribution in [0.15, 0.2) is 12.1 Å². The second kappa shape index (κ2) is 3.41. The summed E-state index contributed by atoms with van der Waals surface area (Å²) in [6, 6.07) is 2.94. The van der Waals surface area contributed by atoms with E-state index in [2.05, 4.69) is 15.9 Å². The van der Waals surface area contributed by atoms with Gasteiger partial charge in [0, 0.05) is 16.6 Å². The standard InChI is InChI=1S/C7H6BrClFN/c8-3-4-1-5(11)2-6(9)7(4)10/h1-2H,3,11H2. The fourth-order valence-electron chi connectivity index (χ4n) is 0.767. The van der Waals surface area contributed by atoms with Crippen LogP contribution in [0.25, 0.3) is 0 Å². The van der Waals surface area contributed by atoms with Gasteiger partial charge in [-0.15, -0.1) is 0 Å². The first kappa shape index (κ1) is 8.81. The van der Waals surface area contributed by atoms with Gasteiger partial charge in [-0.2, -0.15) is 0 Å². The van der Waals surface area contributed by atoms with Gasteiger partial charge in [0.2, 0.25) is 0 Å². The van der Waals surface area contributed by atoms with Crippen LogP contribution in [0.1, 0.15) is 5.56 Å². The zero-order valence-corrected chi connectivity index (χ0v) is 7.91. The van der Waals surface area contributed by atoms with E-state index in [1.54, 1.807) is 6.07 Å². The van der Waals surface area contributed by atoms with Crippen LogP contribution in [0.2, 0.25) is 5.02 Å². The van der Waals surface area contributed by atoms with Crippen molar-refractivity contribution in [3.05, 3.63) is 28.5 Å². The SMILES string of the molecule is Nc1cc(Cl)c(F)c(CBr)c1. The first-order valence-corrected chi connectivity index (χ1v) is 4.44. The van der Waals surface area contributed by atoms with E-state index < -0.39 is 5.82 Å². The number of rotatable bonds is 1. The number of anilines is 1. The molecule has 0 amide bonds. The summed E-state index contributed by atoms with van der Waals surface area (Å²) in [5, 5.41) is 0.489. The summed E-state index contributed by atoms with van der Waals surface area (Å²) in [5.41, 5.74) is 6.39. The van der Waals surface area contributed by atoms with Gasteiger partial charge in [0.15, 0.2) is 0 Å². The molecule has 11 heavy (non-hydrogen) atoms. The molecule has 0 aliphatic carbocycles. The lowest BCUT2D eigenvalue weighted by atomic mass is 10.2. The Labute approximate surface area is 77.5 Å². The van der Waals surface area contributed by atoms with Crippen LogP contribution in [0, 0.1) is 5.82 Å². The Morgan fingerprint density at radius 2 is 2.18 bits per heavy atom. The molecule has 1 rings (SSSR count). The minimum Gasteiger partial charge on any atom is -0.399 e. The van der Waals surface area contributed by atoms with E-state index in [-0.39, 0.29) is 5.02 Å². The van der Waals surface area contributed by atoms with Gasteiger partial charge < -0.3 is 5.73 Å². The summed E-state index contributed by atoms with van der Waals surface area (Å²) in [4.78, 5) is 0. The molecule has 0 saturated heterocycles. The Balaban J connectivity index is 3.24. The third-order valence-electron chi connectivity index (χ3n) is 1.27. The van der Waals surface area contributed by atoms with Crippen molar-refractivity contribution in [1.29, 1.82) is 0 Å². The van der Waals surface area contributed by atoms with Crippen molar-refractivity contribution in [1.82, 2.24) is 0 Å². The van der Waals surface area contributed by atoms with Crippen molar-refractivity contribution in [2.24, 2.45) is 0 Å². The third-order valence-corrected chi connectivity index (χ3v) is 2.15. The molecule has 0 aliphatic rings. The van der Waals surface area contributed by atoms with Crippen LogP contribution in [0.5, 0.6) is 0 Å². The summed E-state index contributed by atoms with van der Waals surface area (Å²) in [6.07, 6.45) is 0. The van der Waals surface area contributed by atoms with Crippen molar-refractivity contribution in [3.63, 3.8) is 0 Å². The number of hydrogen-bond donors (Lipinski definition) is 1. The largest absolute Gasteiger partial charge is 0.399 e. The highest BCUT2D eigenvalue weighted by atomic mass is 79.9. The van der Waals surface area contributed by atoms with Crippen LogP contribution in [0.4, 0.5) is 10.1 Å². The van der Waals surface area contributed by atoms with Crippen molar-refractivity contribution in [2.45, 2.75) is 5.33 Å². The Kier molecular flexibility index (Phi) is 2.73. The molecule has 0 fully saturated rings. The first-order chi connectivity index (χ1) is 5.15. The summed E-state index contributed by atoms with van der Waals surface area (Å²) in [7, 11) is 0. The average molecular weight is 238 g/mol. The number of hydrogen-bond acceptors (Lipinski definition) is 1. The number of nitrogen functional groups attached to an aromatic ring is 1. The zero-order chi connectivity index (χ0) is 8.43. The highest BCUT2D eigenvalue weighted by Gasteiger charge is 2.06. The quantitative estimate of drug-likeness (QED) is 0.591. The molecule has 4 heteroatoms. The monoisotopic (exact) mass is 237 g/mol. The Bertz CT molecular complexity index is 277. The van der Waals surface area contributed by atoms with E-state index in [9.17, 15) is 4.39 Å². The fraction of sp³-hybridized carbons (Fsp3) is 0.143. The molecule has 1 nitrogen and oxygen atoms in total. The summed E-state index contributed by atoms with van der Waals surface area (Å²) in [6.45, 7) is 0. The summed E-state index contributed by atoms with van der Waals surface area (Å²) >= 11 is 8.64. The molecule has 0 bridgehead atoms. The van der Waals surface area contributed by atoms with Gasteiger partial charge in [0.1, 0.15) is 5.82 Å². The van der Waals surface area contributed by atoms with Gasteiger partial charge in [-0.05, 0) is 12.1 Å². The predicted octanol–water partition coefficient (Wildman–Crippen LogP) is 2.96. The topological polar surface area (TPSA) is 26.0 Å². The molecule has 60 valence electrons. The van der Waals surface area contributed by atoms with Crippen LogP contribution < -0.4 is 5.73 Å². The van der Waals surface area contributed by atoms with Crippen molar-refractivity contribution in [3.8, 4) is 0 Å². The molecule has 0 unspecified atom stereocenters. The Morgan fingerprint density at radius 3 is 2.73 bits per heavy atom. The molecule has 2 N–H and O–H groups in total. The maximum absolute atomic E-state index is 13.0. The zero-order valence-electron chi connectivity index (χ0n) is 5.57. The first-order valence-electron chi connectivity index (χ1n) is 2.94. The minimum absolute atomic E-state index is 0.0689. The second-order valence-corrected chi connectivity index (χ2v) is 3.08. The molecule has 0 atom stereocenters. The molecule has 1 aromatic carbocycles. The summed E-state index contributed by atoms with van der Waals surface area (Å²) < 4.78 is 13.0. The number of alkyl halides is 1. The van der Waals surface area contributed by atoms with E-state index in [1.165, 1.54) is 6.07 Å². The minimum atomic E-state index is -0.405. The molecule has 0 aliphatic heterocycles. The summed E-state index contributed by atoms with van der Waals surface area (Å²) in [5.74, 6) is -0.405. The van der Waals surface area contributed by atoms with Crippen molar-refractivity contribution in [2.75, 3.05) is 5.73 Å². The maximum Gasteiger partial charge on any atom is 0.145 e. The highest BCUT2D eigenvalue weighted by molar-refractivity contribution is 9.08. The third kappa shape index (κ3) is 1.84. The molecule has 0 radical (unpaired) electrons. The predicted molar refractivity (Wildman–Crippen MR) is 48.5 cm³/mol. The van der Waals surface area contributed by atoms with E-state index in [1.807, 2.05) is 0 Å². The fourth-order valence-corrected chi connectivity index (χ4v) is 1.42. The van der Waals surface area contributed by atoms with Crippen LogP contribution in [0.3, 0.4) is 0 Å². The number of benzene rings is 1. The average Bonchev–Trinajstić information content (AvgIpc) is 1.96. The normalized spacial score (nSPS) is 10.1. The van der Waals surface area contributed by atoms with Crippen molar-refractivity contribution < 1.29 is 4.39 Å². The second-order valence-electron chi connectivity index (χ2n) is 2.11. The molecule has 0 saturated carbocycles. The number of nitrogens with two attached hydrogens (primary N) is 1. The molecular weight excluding hydrogens is 232 g/mol. The molecule has 1 aromatic rings. The number of halogens is 3. The van der Waals surface area contributed by atoms with Crippen molar-refractivity contribution >= 4 is 33.2 Å². The van der Waals surface area contributed by atoms with E-state index in [4.69, 9.17) is 17.3 Å². The Morgan fingerprint density at radius 1 is 1.55 bits per heavy atom.